The maximum absolute atomic E-state index is 10.3. The first kappa shape index (κ1) is 12.0. The molecular weight excluding hydrogens is 292 g/mol. The van der Waals surface area contributed by atoms with Crippen LogP contribution < -0.4 is 0 Å². The third-order valence-corrected chi connectivity index (χ3v) is 4.35. The van der Waals surface area contributed by atoms with Gasteiger partial charge in [-0.15, -0.1) is 0 Å². The van der Waals surface area contributed by atoms with Crippen molar-refractivity contribution >= 4 is 15.9 Å². The Hall–Kier alpha value is -1.06. The molecule has 1 N–H and O–H groups in total. The summed E-state index contributed by atoms with van der Waals surface area (Å²) in [6, 6.07) is 10.0. The Morgan fingerprint density at radius 2 is 2.11 bits per heavy atom. The molecule has 2 nitrogen and oxygen atoms in total. The normalized spacial score (nSPS) is 17.4. The lowest BCUT2D eigenvalue weighted by Crippen LogP contribution is -2.09. The van der Waals surface area contributed by atoms with Crippen molar-refractivity contribution < 1.29 is 9.52 Å². The SMILES string of the molecule is OC(c1cccc(C2CCC2)c1)c1occc1Br. The average molecular weight is 307 g/mol. The van der Waals surface area contributed by atoms with Crippen LogP contribution in [-0.2, 0) is 0 Å². The van der Waals surface area contributed by atoms with E-state index in [0.29, 0.717) is 11.7 Å². The monoisotopic (exact) mass is 306 g/mol. The van der Waals surface area contributed by atoms with Crippen LogP contribution in [0.15, 0.2) is 45.5 Å². The van der Waals surface area contributed by atoms with E-state index in [0.717, 1.165) is 10.0 Å². The van der Waals surface area contributed by atoms with Gasteiger partial charge in [0.15, 0.2) is 5.76 Å². The van der Waals surface area contributed by atoms with Crippen molar-refractivity contribution in [3.8, 4) is 0 Å². The Morgan fingerprint density at radius 1 is 1.28 bits per heavy atom. The molecule has 1 aliphatic carbocycles. The lowest BCUT2D eigenvalue weighted by atomic mass is 9.79. The van der Waals surface area contributed by atoms with E-state index in [2.05, 4.69) is 28.1 Å². The van der Waals surface area contributed by atoms with Gasteiger partial charge in [0.1, 0.15) is 6.10 Å². The number of halogens is 1. The van der Waals surface area contributed by atoms with E-state index >= 15 is 0 Å². The first-order valence-electron chi connectivity index (χ1n) is 6.26. The topological polar surface area (TPSA) is 33.4 Å². The number of furan rings is 1. The molecule has 1 fully saturated rings. The van der Waals surface area contributed by atoms with Gasteiger partial charge >= 0.3 is 0 Å². The largest absolute Gasteiger partial charge is 0.465 e. The van der Waals surface area contributed by atoms with Gasteiger partial charge in [-0.1, -0.05) is 30.7 Å². The summed E-state index contributed by atoms with van der Waals surface area (Å²) in [5.41, 5.74) is 2.23. The van der Waals surface area contributed by atoms with Gasteiger partial charge < -0.3 is 9.52 Å². The fourth-order valence-corrected chi connectivity index (χ4v) is 2.79. The number of hydrogen-bond acceptors (Lipinski definition) is 2. The Labute approximate surface area is 115 Å². The molecule has 1 aliphatic rings. The van der Waals surface area contributed by atoms with Crippen molar-refractivity contribution in [3.63, 3.8) is 0 Å². The molecule has 3 heteroatoms. The molecule has 0 bridgehead atoms. The Morgan fingerprint density at radius 3 is 2.72 bits per heavy atom. The van der Waals surface area contributed by atoms with Crippen LogP contribution in [0.3, 0.4) is 0 Å². The smallest absolute Gasteiger partial charge is 0.150 e. The summed E-state index contributed by atoms with van der Waals surface area (Å²) in [5, 5.41) is 10.3. The molecule has 1 atom stereocenters. The summed E-state index contributed by atoms with van der Waals surface area (Å²) in [6.07, 6.45) is 4.74. The summed E-state index contributed by atoms with van der Waals surface area (Å²) >= 11 is 3.38. The van der Waals surface area contributed by atoms with Crippen LogP contribution in [0.5, 0.6) is 0 Å². The van der Waals surface area contributed by atoms with Crippen molar-refractivity contribution in [1.29, 1.82) is 0 Å². The fourth-order valence-electron chi connectivity index (χ4n) is 2.38. The van der Waals surface area contributed by atoms with Gasteiger partial charge in [-0.3, -0.25) is 0 Å². The Bertz CT molecular complexity index is 543. The van der Waals surface area contributed by atoms with Crippen molar-refractivity contribution in [3.05, 3.63) is 58.0 Å². The first-order chi connectivity index (χ1) is 8.75. The summed E-state index contributed by atoms with van der Waals surface area (Å²) in [7, 11) is 0. The summed E-state index contributed by atoms with van der Waals surface area (Å²) in [4.78, 5) is 0. The standard InChI is InChI=1S/C15H15BrO2/c16-13-7-8-18-15(13)14(17)12-6-2-5-11(9-12)10-3-1-4-10/h2,5-10,14,17H,1,3-4H2. The predicted octanol–water partition coefficient (Wildman–Crippen LogP) is 4.39. The number of hydrogen-bond donors (Lipinski definition) is 1. The number of aliphatic hydroxyl groups is 1. The number of rotatable bonds is 3. The van der Waals surface area contributed by atoms with Crippen molar-refractivity contribution in [2.45, 2.75) is 31.3 Å². The van der Waals surface area contributed by atoms with Crippen LogP contribution in [-0.4, -0.2) is 5.11 Å². The molecule has 1 aromatic carbocycles. The van der Waals surface area contributed by atoms with Gasteiger partial charge in [-0.05, 0) is 51.9 Å². The molecule has 1 aromatic heterocycles. The van der Waals surface area contributed by atoms with E-state index in [1.54, 1.807) is 12.3 Å². The second-order valence-corrected chi connectivity index (χ2v) is 5.69. The molecule has 1 heterocycles. The zero-order chi connectivity index (χ0) is 12.5. The zero-order valence-electron chi connectivity index (χ0n) is 9.97. The molecule has 2 aromatic rings. The van der Waals surface area contributed by atoms with Gasteiger partial charge in [0.25, 0.3) is 0 Å². The molecule has 1 unspecified atom stereocenters. The van der Waals surface area contributed by atoms with E-state index in [-0.39, 0.29) is 0 Å². The molecule has 1 saturated carbocycles. The molecular formula is C15H15BrO2. The van der Waals surface area contributed by atoms with Crippen LogP contribution in [0.1, 0.15) is 48.2 Å². The first-order valence-corrected chi connectivity index (χ1v) is 7.06. The minimum atomic E-state index is -0.700. The van der Waals surface area contributed by atoms with Crippen molar-refractivity contribution in [2.75, 3.05) is 0 Å². The van der Waals surface area contributed by atoms with Crippen LogP contribution >= 0.6 is 15.9 Å². The highest BCUT2D eigenvalue weighted by Gasteiger charge is 2.22. The van der Waals surface area contributed by atoms with Gasteiger partial charge in [-0.2, -0.15) is 0 Å². The predicted molar refractivity (Wildman–Crippen MR) is 73.5 cm³/mol. The highest BCUT2D eigenvalue weighted by molar-refractivity contribution is 9.10. The van der Waals surface area contributed by atoms with Gasteiger partial charge in [0.05, 0.1) is 10.7 Å². The lowest BCUT2D eigenvalue weighted by Gasteiger charge is -2.26. The Kier molecular flexibility index (Phi) is 3.27. The van der Waals surface area contributed by atoms with Crippen LogP contribution in [0.25, 0.3) is 0 Å². The zero-order valence-corrected chi connectivity index (χ0v) is 11.6. The van der Waals surface area contributed by atoms with Gasteiger partial charge in [0, 0.05) is 0 Å². The van der Waals surface area contributed by atoms with E-state index in [4.69, 9.17) is 4.42 Å². The number of aliphatic hydroxyl groups excluding tert-OH is 1. The lowest BCUT2D eigenvalue weighted by molar-refractivity contribution is 0.188. The van der Waals surface area contributed by atoms with Crippen LogP contribution in [0.2, 0.25) is 0 Å². The molecule has 0 spiro atoms. The fraction of sp³-hybridized carbons (Fsp3) is 0.333. The van der Waals surface area contributed by atoms with Gasteiger partial charge in [0.2, 0.25) is 0 Å². The van der Waals surface area contributed by atoms with E-state index in [1.165, 1.54) is 24.8 Å². The summed E-state index contributed by atoms with van der Waals surface area (Å²) in [6.45, 7) is 0. The summed E-state index contributed by atoms with van der Waals surface area (Å²) in [5.74, 6) is 1.25. The van der Waals surface area contributed by atoms with E-state index < -0.39 is 6.10 Å². The van der Waals surface area contributed by atoms with Crippen LogP contribution in [0, 0.1) is 0 Å². The summed E-state index contributed by atoms with van der Waals surface area (Å²) < 4.78 is 6.13. The highest BCUT2D eigenvalue weighted by Crippen LogP contribution is 2.38. The average Bonchev–Trinajstić information content (AvgIpc) is 2.73. The Balaban J connectivity index is 1.89. The van der Waals surface area contributed by atoms with Crippen molar-refractivity contribution in [1.82, 2.24) is 0 Å². The highest BCUT2D eigenvalue weighted by atomic mass is 79.9. The second kappa shape index (κ2) is 4.90. The molecule has 0 aliphatic heterocycles. The third-order valence-electron chi connectivity index (χ3n) is 3.70. The minimum Gasteiger partial charge on any atom is -0.465 e. The quantitative estimate of drug-likeness (QED) is 0.912. The molecule has 18 heavy (non-hydrogen) atoms. The number of benzene rings is 1. The van der Waals surface area contributed by atoms with Gasteiger partial charge in [-0.25, -0.2) is 0 Å². The van der Waals surface area contributed by atoms with Crippen LogP contribution in [0.4, 0.5) is 0 Å². The molecule has 0 saturated heterocycles. The molecule has 0 amide bonds. The van der Waals surface area contributed by atoms with Crippen molar-refractivity contribution in [2.24, 2.45) is 0 Å². The van der Waals surface area contributed by atoms with E-state index in [1.807, 2.05) is 12.1 Å². The van der Waals surface area contributed by atoms with E-state index in [9.17, 15) is 5.11 Å². The molecule has 3 rings (SSSR count). The second-order valence-electron chi connectivity index (χ2n) is 4.83. The minimum absolute atomic E-state index is 0.570. The maximum Gasteiger partial charge on any atom is 0.150 e. The molecule has 0 radical (unpaired) electrons. The maximum atomic E-state index is 10.3. The molecule has 94 valence electrons. The third kappa shape index (κ3) is 2.13.